The molecule has 3 rings (SSSR count). The SMILES string of the molecule is Cc1scc(-c2ccccc2C(=O)c2ccccc2)c1C. The van der Waals surface area contributed by atoms with Crippen molar-refractivity contribution in [2.45, 2.75) is 13.8 Å². The number of rotatable bonds is 3. The predicted molar refractivity (Wildman–Crippen MR) is 89.1 cm³/mol. The van der Waals surface area contributed by atoms with Crippen LogP contribution in [0.25, 0.3) is 11.1 Å². The van der Waals surface area contributed by atoms with Crippen molar-refractivity contribution in [2.75, 3.05) is 0 Å². The van der Waals surface area contributed by atoms with E-state index < -0.39 is 0 Å². The molecule has 1 heterocycles. The second kappa shape index (κ2) is 5.66. The molecule has 3 aromatic rings. The lowest BCUT2D eigenvalue weighted by atomic mass is 9.93. The van der Waals surface area contributed by atoms with Crippen LogP contribution in [0.1, 0.15) is 26.4 Å². The highest BCUT2D eigenvalue weighted by Crippen LogP contribution is 2.33. The van der Waals surface area contributed by atoms with Crippen LogP contribution in [0.15, 0.2) is 60.0 Å². The van der Waals surface area contributed by atoms with Crippen molar-refractivity contribution in [2.24, 2.45) is 0 Å². The normalized spacial score (nSPS) is 10.6. The van der Waals surface area contributed by atoms with Crippen LogP contribution in [0.2, 0.25) is 0 Å². The molecule has 0 atom stereocenters. The Morgan fingerprint density at radius 1 is 0.857 bits per heavy atom. The van der Waals surface area contributed by atoms with Gasteiger partial charge in [0.1, 0.15) is 0 Å². The molecule has 0 N–H and O–H groups in total. The van der Waals surface area contributed by atoms with Gasteiger partial charge in [-0.3, -0.25) is 4.79 Å². The second-order valence-corrected chi connectivity index (χ2v) is 6.16. The van der Waals surface area contributed by atoms with Crippen molar-refractivity contribution in [1.29, 1.82) is 0 Å². The summed E-state index contributed by atoms with van der Waals surface area (Å²) in [5.41, 5.74) is 4.94. The predicted octanol–water partition coefficient (Wildman–Crippen LogP) is 5.26. The number of hydrogen-bond donors (Lipinski definition) is 0. The average molecular weight is 292 g/mol. The molecule has 2 aromatic carbocycles. The Morgan fingerprint density at radius 2 is 1.52 bits per heavy atom. The Bertz CT molecular complexity index is 784. The fraction of sp³-hybridized carbons (Fsp3) is 0.105. The number of thiophene rings is 1. The first kappa shape index (κ1) is 13.8. The molecule has 0 bridgehead atoms. The summed E-state index contributed by atoms with van der Waals surface area (Å²) in [6.45, 7) is 4.23. The quantitative estimate of drug-likeness (QED) is 0.601. The molecule has 0 radical (unpaired) electrons. The maximum atomic E-state index is 12.8. The zero-order valence-electron chi connectivity index (χ0n) is 12.1. The molecule has 0 aliphatic carbocycles. The van der Waals surface area contributed by atoms with Gasteiger partial charge in [0.05, 0.1) is 0 Å². The highest BCUT2D eigenvalue weighted by atomic mass is 32.1. The molecule has 104 valence electrons. The smallest absolute Gasteiger partial charge is 0.193 e. The molecule has 0 saturated carbocycles. The van der Waals surface area contributed by atoms with Gasteiger partial charge in [0, 0.05) is 16.0 Å². The van der Waals surface area contributed by atoms with Crippen LogP contribution in [-0.4, -0.2) is 5.78 Å². The molecule has 1 nitrogen and oxygen atoms in total. The lowest BCUT2D eigenvalue weighted by Crippen LogP contribution is -2.03. The lowest BCUT2D eigenvalue weighted by molar-refractivity contribution is 0.103. The molecule has 0 spiro atoms. The van der Waals surface area contributed by atoms with E-state index in [0.29, 0.717) is 0 Å². The van der Waals surface area contributed by atoms with E-state index >= 15 is 0 Å². The van der Waals surface area contributed by atoms with Crippen LogP contribution in [0.5, 0.6) is 0 Å². The average Bonchev–Trinajstić information content (AvgIpc) is 2.87. The Hall–Kier alpha value is -2.19. The summed E-state index contributed by atoms with van der Waals surface area (Å²) < 4.78 is 0. The molecule has 1 aromatic heterocycles. The standard InChI is InChI=1S/C19H16OS/c1-13-14(2)21-12-18(13)16-10-6-7-11-17(16)19(20)15-8-4-3-5-9-15/h3-12H,1-2H3. The summed E-state index contributed by atoms with van der Waals surface area (Å²) in [7, 11) is 0. The van der Waals surface area contributed by atoms with Crippen molar-refractivity contribution in [3.63, 3.8) is 0 Å². The first-order valence-electron chi connectivity index (χ1n) is 6.92. The summed E-state index contributed by atoms with van der Waals surface area (Å²) in [4.78, 5) is 14.1. The fourth-order valence-corrected chi connectivity index (χ4v) is 3.33. The summed E-state index contributed by atoms with van der Waals surface area (Å²) in [5.74, 6) is 0.0782. The molecule has 0 unspecified atom stereocenters. The van der Waals surface area contributed by atoms with Crippen LogP contribution in [0.4, 0.5) is 0 Å². The van der Waals surface area contributed by atoms with Gasteiger partial charge in [-0.2, -0.15) is 0 Å². The zero-order valence-corrected chi connectivity index (χ0v) is 12.9. The minimum Gasteiger partial charge on any atom is -0.289 e. The maximum absolute atomic E-state index is 12.8. The third-order valence-electron chi connectivity index (χ3n) is 3.78. The van der Waals surface area contributed by atoms with E-state index in [0.717, 1.165) is 22.3 Å². The van der Waals surface area contributed by atoms with E-state index in [1.165, 1.54) is 10.4 Å². The van der Waals surface area contributed by atoms with Crippen LogP contribution in [0.3, 0.4) is 0 Å². The molecule has 0 amide bonds. The Kier molecular flexibility index (Phi) is 3.72. The summed E-state index contributed by atoms with van der Waals surface area (Å²) in [6.07, 6.45) is 0. The van der Waals surface area contributed by atoms with Gasteiger partial charge in [-0.1, -0.05) is 54.6 Å². The molecule has 0 fully saturated rings. The van der Waals surface area contributed by atoms with Crippen molar-refractivity contribution in [3.05, 3.63) is 81.5 Å². The van der Waals surface area contributed by atoms with E-state index in [4.69, 9.17) is 0 Å². The van der Waals surface area contributed by atoms with Crippen LogP contribution >= 0.6 is 11.3 Å². The van der Waals surface area contributed by atoms with E-state index in [9.17, 15) is 4.79 Å². The summed E-state index contributed by atoms with van der Waals surface area (Å²) >= 11 is 1.73. The molecule has 0 aliphatic rings. The first-order chi connectivity index (χ1) is 10.2. The van der Waals surface area contributed by atoms with Crippen molar-refractivity contribution < 1.29 is 4.79 Å². The number of carbonyl (C=O) groups is 1. The monoisotopic (exact) mass is 292 g/mol. The second-order valence-electron chi connectivity index (χ2n) is 5.07. The summed E-state index contributed by atoms with van der Waals surface area (Å²) in [5, 5.41) is 2.14. The number of benzene rings is 2. The summed E-state index contributed by atoms with van der Waals surface area (Å²) in [6, 6.07) is 17.3. The Balaban J connectivity index is 2.13. The van der Waals surface area contributed by atoms with Gasteiger partial charge < -0.3 is 0 Å². The van der Waals surface area contributed by atoms with Crippen molar-refractivity contribution in [1.82, 2.24) is 0 Å². The van der Waals surface area contributed by atoms with Gasteiger partial charge in [-0.15, -0.1) is 11.3 Å². The van der Waals surface area contributed by atoms with Gasteiger partial charge in [0.25, 0.3) is 0 Å². The molecule has 0 aliphatic heterocycles. The fourth-order valence-electron chi connectivity index (χ4n) is 2.44. The van der Waals surface area contributed by atoms with Gasteiger partial charge in [0.2, 0.25) is 0 Å². The Morgan fingerprint density at radius 3 is 2.19 bits per heavy atom. The number of aryl methyl sites for hydroxylation is 1. The first-order valence-corrected chi connectivity index (χ1v) is 7.80. The van der Waals surface area contributed by atoms with Gasteiger partial charge in [-0.25, -0.2) is 0 Å². The van der Waals surface area contributed by atoms with Crippen molar-refractivity contribution >= 4 is 17.1 Å². The van der Waals surface area contributed by atoms with Crippen LogP contribution < -0.4 is 0 Å². The highest BCUT2D eigenvalue weighted by Gasteiger charge is 2.16. The minimum atomic E-state index is 0.0782. The molecule has 0 saturated heterocycles. The molecule has 2 heteroatoms. The maximum Gasteiger partial charge on any atom is 0.193 e. The molecule has 21 heavy (non-hydrogen) atoms. The molecular formula is C19H16OS. The van der Waals surface area contributed by atoms with E-state index in [1.54, 1.807) is 11.3 Å². The topological polar surface area (TPSA) is 17.1 Å². The van der Waals surface area contributed by atoms with E-state index in [-0.39, 0.29) is 5.78 Å². The highest BCUT2D eigenvalue weighted by molar-refractivity contribution is 7.10. The Labute approximate surface area is 128 Å². The van der Waals surface area contributed by atoms with Crippen LogP contribution in [-0.2, 0) is 0 Å². The third kappa shape index (κ3) is 2.55. The third-order valence-corrected chi connectivity index (χ3v) is 4.80. The van der Waals surface area contributed by atoms with E-state index in [2.05, 4.69) is 19.2 Å². The lowest BCUT2D eigenvalue weighted by Gasteiger charge is -2.09. The van der Waals surface area contributed by atoms with Crippen molar-refractivity contribution in [3.8, 4) is 11.1 Å². The van der Waals surface area contributed by atoms with E-state index in [1.807, 2.05) is 54.6 Å². The number of carbonyl (C=O) groups excluding carboxylic acids is 1. The minimum absolute atomic E-state index is 0.0782. The van der Waals surface area contributed by atoms with Gasteiger partial charge >= 0.3 is 0 Å². The van der Waals surface area contributed by atoms with Gasteiger partial charge in [-0.05, 0) is 35.9 Å². The zero-order chi connectivity index (χ0) is 14.8. The number of ketones is 1. The number of hydrogen-bond acceptors (Lipinski definition) is 2. The van der Waals surface area contributed by atoms with Gasteiger partial charge in [0.15, 0.2) is 5.78 Å². The molecular weight excluding hydrogens is 276 g/mol. The largest absolute Gasteiger partial charge is 0.289 e. The van der Waals surface area contributed by atoms with Crippen LogP contribution in [0, 0.1) is 13.8 Å².